The van der Waals surface area contributed by atoms with Gasteiger partial charge in [-0.15, -0.1) is 0 Å². The molecule has 0 radical (unpaired) electrons. The van der Waals surface area contributed by atoms with Gasteiger partial charge in [0.25, 0.3) is 11.5 Å². The molecular weight excluding hydrogens is 428 g/mol. The zero-order valence-electron chi connectivity index (χ0n) is 18.8. The Balaban J connectivity index is 1.76. The quantitative estimate of drug-likeness (QED) is 0.348. The Bertz CT molecular complexity index is 1500. The molecule has 0 aliphatic carbocycles. The minimum Gasteiger partial charge on any atom is -0.438 e. The molecule has 7 nitrogen and oxygen atoms in total. The summed E-state index contributed by atoms with van der Waals surface area (Å²) in [5, 5.41) is 12.4. The molecule has 0 aliphatic heterocycles. The number of aryl methyl sites for hydroxylation is 2. The van der Waals surface area contributed by atoms with Crippen LogP contribution in [0.15, 0.2) is 83.3 Å². The Morgan fingerprint density at radius 3 is 2.62 bits per heavy atom. The van der Waals surface area contributed by atoms with E-state index in [1.54, 1.807) is 30.5 Å². The van der Waals surface area contributed by atoms with Crippen LogP contribution < -0.4 is 15.6 Å². The molecule has 4 rings (SSSR count). The SMILES string of the molecule is Cc1ccc(Oc2nc3ccccn3c(=O)c2C=C(C#N)C(=O)NCc2ccccc2)c(C)c1. The van der Waals surface area contributed by atoms with E-state index in [9.17, 15) is 14.9 Å². The van der Waals surface area contributed by atoms with Crippen molar-refractivity contribution in [2.24, 2.45) is 0 Å². The van der Waals surface area contributed by atoms with Gasteiger partial charge in [-0.1, -0.05) is 54.1 Å². The average molecular weight is 450 g/mol. The summed E-state index contributed by atoms with van der Waals surface area (Å²) < 4.78 is 7.37. The first-order chi connectivity index (χ1) is 16.5. The number of amides is 1. The van der Waals surface area contributed by atoms with Crippen LogP contribution in [-0.4, -0.2) is 15.3 Å². The van der Waals surface area contributed by atoms with Crippen molar-refractivity contribution < 1.29 is 9.53 Å². The van der Waals surface area contributed by atoms with Crippen LogP contribution in [0.25, 0.3) is 11.7 Å². The fraction of sp³-hybridized carbons (Fsp3) is 0.111. The molecule has 2 aromatic heterocycles. The summed E-state index contributed by atoms with van der Waals surface area (Å²) in [5.74, 6) is -0.0485. The van der Waals surface area contributed by atoms with Gasteiger partial charge in [0.1, 0.15) is 28.6 Å². The number of pyridine rings is 1. The zero-order chi connectivity index (χ0) is 24.1. The first kappa shape index (κ1) is 22.5. The molecule has 0 spiro atoms. The van der Waals surface area contributed by atoms with Crippen LogP contribution in [-0.2, 0) is 11.3 Å². The Morgan fingerprint density at radius 2 is 1.88 bits per heavy atom. The van der Waals surface area contributed by atoms with Crippen LogP contribution in [0.5, 0.6) is 11.6 Å². The number of aromatic nitrogens is 2. The lowest BCUT2D eigenvalue weighted by atomic mass is 10.1. The summed E-state index contributed by atoms with van der Waals surface area (Å²) in [4.78, 5) is 30.5. The highest BCUT2D eigenvalue weighted by molar-refractivity contribution is 6.01. The summed E-state index contributed by atoms with van der Waals surface area (Å²) in [5.41, 5.74) is 2.54. The molecule has 1 amide bonds. The van der Waals surface area contributed by atoms with E-state index in [-0.39, 0.29) is 23.6 Å². The standard InChI is InChI=1S/C27H22N4O3/c1-18-11-12-23(19(2)14-18)34-26-22(27(33)31-13-7-6-10-24(31)30-26)15-21(16-28)25(32)29-17-20-8-4-3-5-9-20/h3-15H,17H2,1-2H3,(H,29,32). The molecule has 0 atom stereocenters. The van der Waals surface area contributed by atoms with Crippen molar-refractivity contribution in [2.75, 3.05) is 0 Å². The number of nitrogens with one attached hydrogen (secondary N) is 1. The number of hydrogen-bond acceptors (Lipinski definition) is 5. The summed E-state index contributed by atoms with van der Waals surface area (Å²) in [7, 11) is 0. The van der Waals surface area contributed by atoms with E-state index in [1.807, 2.05) is 62.4 Å². The lowest BCUT2D eigenvalue weighted by Gasteiger charge is -2.12. The predicted octanol–water partition coefficient (Wildman–Crippen LogP) is 4.33. The fourth-order valence-electron chi connectivity index (χ4n) is 3.47. The largest absolute Gasteiger partial charge is 0.438 e. The van der Waals surface area contributed by atoms with E-state index >= 15 is 0 Å². The van der Waals surface area contributed by atoms with Crippen LogP contribution in [0.2, 0.25) is 0 Å². The molecule has 0 unspecified atom stereocenters. The van der Waals surface area contributed by atoms with Gasteiger partial charge in [-0.2, -0.15) is 10.2 Å². The number of nitrogens with zero attached hydrogens (tertiary/aromatic N) is 3. The summed E-state index contributed by atoms with van der Waals surface area (Å²) >= 11 is 0. The second-order valence-electron chi connectivity index (χ2n) is 7.77. The van der Waals surface area contributed by atoms with Crippen molar-refractivity contribution in [1.29, 1.82) is 5.26 Å². The number of benzene rings is 2. The van der Waals surface area contributed by atoms with Gasteiger partial charge >= 0.3 is 0 Å². The highest BCUT2D eigenvalue weighted by atomic mass is 16.5. The third kappa shape index (κ3) is 4.87. The summed E-state index contributed by atoms with van der Waals surface area (Å²) in [6.45, 7) is 4.11. The number of hydrogen-bond donors (Lipinski definition) is 1. The molecule has 34 heavy (non-hydrogen) atoms. The van der Waals surface area contributed by atoms with E-state index in [1.165, 1.54) is 10.5 Å². The number of carbonyl (C=O) groups excluding carboxylic acids is 1. The smallest absolute Gasteiger partial charge is 0.269 e. The first-order valence-corrected chi connectivity index (χ1v) is 10.7. The number of carbonyl (C=O) groups is 1. The Morgan fingerprint density at radius 1 is 1.12 bits per heavy atom. The summed E-state index contributed by atoms with van der Waals surface area (Å²) in [6.07, 6.45) is 2.80. The Kier molecular flexibility index (Phi) is 6.51. The molecule has 0 fully saturated rings. The van der Waals surface area contributed by atoms with Gasteiger partial charge < -0.3 is 10.1 Å². The predicted molar refractivity (Wildman–Crippen MR) is 129 cm³/mol. The molecule has 0 saturated carbocycles. The molecule has 7 heteroatoms. The number of ether oxygens (including phenoxy) is 1. The minimum atomic E-state index is -0.596. The maximum atomic E-state index is 13.3. The lowest BCUT2D eigenvalue weighted by molar-refractivity contribution is -0.117. The Labute approximate surface area is 196 Å². The summed E-state index contributed by atoms with van der Waals surface area (Å²) in [6, 6.07) is 22.0. The molecular formula is C27H22N4O3. The van der Waals surface area contributed by atoms with Crippen LogP contribution in [0.4, 0.5) is 0 Å². The second-order valence-corrected chi connectivity index (χ2v) is 7.77. The zero-order valence-corrected chi connectivity index (χ0v) is 18.8. The van der Waals surface area contributed by atoms with Crippen LogP contribution in [0, 0.1) is 25.2 Å². The van der Waals surface area contributed by atoms with Gasteiger partial charge in [-0.3, -0.25) is 14.0 Å². The first-order valence-electron chi connectivity index (χ1n) is 10.7. The van der Waals surface area contributed by atoms with Crippen LogP contribution >= 0.6 is 0 Å². The third-order valence-corrected chi connectivity index (χ3v) is 5.22. The van der Waals surface area contributed by atoms with Gasteiger partial charge in [0, 0.05) is 12.7 Å². The molecule has 2 heterocycles. The molecule has 0 saturated heterocycles. The molecule has 1 N–H and O–H groups in total. The van der Waals surface area contributed by atoms with Crippen molar-refractivity contribution in [3.8, 4) is 17.7 Å². The Hall–Kier alpha value is -4.70. The minimum absolute atomic E-state index is 0.00934. The lowest BCUT2D eigenvalue weighted by Crippen LogP contribution is -2.25. The highest BCUT2D eigenvalue weighted by Crippen LogP contribution is 2.27. The molecule has 2 aromatic carbocycles. The maximum absolute atomic E-state index is 13.3. The van der Waals surface area contributed by atoms with Crippen molar-refractivity contribution in [1.82, 2.24) is 14.7 Å². The van der Waals surface area contributed by atoms with Crippen LogP contribution in [0.3, 0.4) is 0 Å². The maximum Gasteiger partial charge on any atom is 0.269 e. The van der Waals surface area contributed by atoms with E-state index in [4.69, 9.17) is 4.74 Å². The van der Waals surface area contributed by atoms with Gasteiger partial charge in [0.05, 0.1) is 0 Å². The van der Waals surface area contributed by atoms with E-state index in [0.29, 0.717) is 11.4 Å². The van der Waals surface area contributed by atoms with Gasteiger partial charge in [0.15, 0.2) is 0 Å². The van der Waals surface area contributed by atoms with Crippen molar-refractivity contribution in [3.05, 3.63) is 111 Å². The van der Waals surface area contributed by atoms with Crippen LogP contribution in [0.1, 0.15) is 22.3 Å². The van der Waals surface area contributed by atoms with E-state index in [2.05, 4.69) is 10.3 Å². The monoisotopic (exact) mass is 450 g/mol. The average Bonchev–Trinajstić information content (AvgIpc) is 2.85. The van der Waals surface area contributed by atoms with Gasteiger partial charge in [-0.25, -0.2) is 0 Å². The molecule has 0 aliphatic rings. The number of rotatable bonds is 6. The number of fused-ring (bicyclic) bond motifs is 1. The van der Waals surface area contributed by atoms with Crippen molar-refractivity contribution in [3.63, 3.8) is 0 Å². The third-order valence-electron chi connectivity index (χ3n) is 5.22. The van der Waals surface area contributed by atoms with E-state index in [0.717, 1.165) is 16.7 Å². The normalized spacial score (nSPS) is 11.1. The molecule has 4 aromatic rings. The van der Waals surface area contributed by atoms with Gasteiger partial charge in [-0.05, 0) is 49.2 Å². The fourth-order valence-corrected chi connectivity index (χ4v) is 3.47. The highest BCUT2D eigenvalue weighted by Gasteiger charge is 2.18. The van der Waals surface area contributed by atoms with Crippen molar-refractivity contribution in [2.45, 2.75) is 20.4 Å². The topological polar surface area (TPSA) is 96.5 Å². The number of nitriles is 1. The van der Waals surface area contributed by atoms with Gasteiger partial charge in [0.2, 0.25) is 5.88 Å². The molecule has 168 valence electrons. The molecule has 0 bridgehead atoms. The van der Waals surface area contributed by atoms with E-state index < -0.39 is 11.5 Å². The van der Waals surface area contributed by atoms with Crippen molar-refractivity contribution >= 4 is 17.6 Å². The second kappa shape index (κ2) is 9.84.